The van der Waals surface area contributed by atoms with E-state index < -0.39 is 18.5 Å². The number of carbonyl (C=O) groups is 3. The van der Waals surface area contributed by atoms with Crippen LogP contribution in [-0.4, -0.2) is 40.9 Å². The van der Waals surface area contributed by atoms with E-state index in [0.717, 1.165) is 0 Å². The molecule has 0 aliphatic rings. The lowest BCUT2D eigenvalue weighted by Gasteiger charge is -2.12. The van der Waals surface area contributed by atoms with E-state index >= 15 is 0 Å². The number of hydrogen-bond donors (Lipinski definition) is 3. The van der Waals surface area contributed by atoms with Crippen molar-refractivity contribution in [1.29, 1.82) is 0 Å². The van der Waals surface area contributed by atoms with Gasteiger partial charge in [0.1, 0.15) is 0 Å². The Morgan fingerprint density at radius 1 is 1.15 bits per heavy atom. The fourth-order valence-corrected chi connectivity index (χ4v) is 2.07. The van der Waals surface area contributed by atoms with Crippen molar-refractivity contribution in [2.45, 2.75) is 13.8 Å². The maximum Gasteiger partial charge on any atom is 0.361 e. The molecule has 0 fully saturated rings. The van der Waals surface area contributed by atoms with Crippen LogP contribution in [0.3, 0.4) is 0 Å². The zero-order valence-electron chi connectivity index (χ0n) is 15.1. The van der Waals surface area contributed by atoms with Crippen LogP contribution in [0.4, 0.5) is 11.5 Å². The molecule has 9 nitrogen and oxygen atoms in total. The highest BCUT2D eigenvalue weighted by atomic mass is 16.5. The van der Waals surface area contributed by atoms with Gasteiger partial charge in [-0.1, -0.05) is 26.0 Å². The lowest BCUT2D eigenvalue weighted by atomic mass is 10.1. The first-order valence-electron chi connectivity index (χ1n) is 8.29. The summed E-state index contributed by atoms with van der Waals surface area (Å²) in [6.07, 6.45) is 2.62. The third kappa shape index (κ3) is 5.77. The summed E-state index contributed by atoms with van der Waals surface area (Å²) in [4.78, 5) is 43.7. The molecule has 2 rings (SSSR count). The molecule has 1 heterocycles. The van der Waals surface area contributed by atoms with Gasteiger partial charge in [0.05, 0.1) is 11.3 Å². The number of nitrogens with zero attached hydrogens (tertiary/aromatic N) is 2. The number of nitrogens with one attached hydrogen (secondary N) is 2. The third-order valence-corrected chi connectivity index (χ3v) is 3.37. The molecule has 27 heavy (non-hydrogen) atoms. The molecule has 0 bridgehead atoms. The molecule has 0 radical (unpaired) electrons. The molecular weight excluding hydrogens is 350 g/mol. The molecule has 0 spiro atoms. The first-order valence-corrected chi connectivity index (χ1v) is 8.29. The normalized spacial score (nSPS) is 10.3. The number of ether oxygens (including phenoxy) is 1. The van der Waals surface area contributed by atoms with Gasteiger partial charge in [0.2, 0.25) is 0 Å². The molecule has 1 aromatic heterocycles. The summed E-state index contributed by atoms with van der Waals surface area (Å²) in [6.45, 7) is 3.91. The predicted octanol–water partition coefficient (Wildman–Crippen LogP) is 1.24. The minimum Gasteiger partial charge on any atom is -0.451 e. The molecule has 0 aliphatic carbocycles. The minimum absolute atomic E-state index is 0.0879. The van der Waals surface area contributed by atoms with E-state index in [1.807, 2.05) is 13.8 Å². The second-order valence-corrected chi connectivity index (χ2v) is 6.06. The molecule has 0 aliphatic heterocycles. The number of benzene rings is 1. The van der Waals surface area contributed by atoms with Gasteiger partial charge < -0.3 is 21.1 Å². The number of nitrogens with two attached hydrogens (primary N) is 1. The number of hydrogen-bond acceptors (Lipinski definition) is 7. The van der Waals surface area contributed by atoms with E-state index in [2.05, 4.69) is 20.6 Å². The first kappa shape index (κ1) is 19.8. The zero-order valence-corrected chi connectivity index (χ0v) is 15.1. The van der Waals surface area contributed by atoms with E-state index in [9.17, 15) is 14.4 Å². The van der Waals surface area contributed by atoms with Gasteiger partial charge in [-0.15, -0.1) is 0 Å². The summed E-state index contributed by atoms with van der Waals surface area (Å²) in [5.74, 6) is -1.56. The van der Waals surface area contributed by atoms with Crippen LogP contribution in [0.25, 0.3) is 0 Å². The lowest BCUT2D eigenvalue weighted by molar-refractivity contribution is -0.119. The SMILES string of the molecule is CC(C)CNC(=O)c1ccccc1NC(=O)COC(=O)c1nccnc1N. The van der Waals surface area contributed by atoms with E-state index in [-0.39, 0.29) is 17.4 Å². The maximum atomic E-state index is 12.3. The highest BCUT2D eigenvalue weighted by molar-refractivity contribution is 6.04. The van der Waals surface area contributed by atoms with Crippen LogP contribution in [0, 0.1) is 5.92 Å². The molecule has 0 unspecified atom stereocenters. The number of amides is 2. The molecule has 1 aromatic carbocycles. The monoisotopic (exact) mass is 371 g/mol. The van der Waals surface area contributed by atoms with Crippen molar-refractivity contribution >= 4 is 29.3 Å². The molecular formula is C18H21N5O4. The number of anilines is 2. The van der Waals surface area contributed by atoms with Crippen LogP contribution in [0.15, 0.2) is 36.7 Å². The van der Waals surface area contributed by atoms with Gasteiger partial charge in [-0.3, -0.25) is 9.59 Å². The summed E-state index contributed by atoms with van der Waals surface area (Å²) in [7, 11) is 0. The van der Waals surface area contributed by atoms with Gasteiger partial charge in [0.25, 0.3) is 11.8 Å². The topological polar surface area (TPSA) is 136 Å². The predicted molar refractivity (Wildman–Crippen MR) is 99.0 cm³/mol. The summed E-state index contributed by atoms with van der Waals surface area (Å²) in [6, 6.07) is 6.56. The molecule has 0 saturated carbocycles. The van der Waals surface area contributed by atoms with E-state index in [0.29, 0.717) is 23.7 Å². The smallest absolute Gasteiger partial charge is 0.361 e. The Hall–Kier alpha value is -3.49. The van der Waals surface area contributed by atoms with Gasteiger partial charge >= 0.3 is 5.97 Å². The molecule has 4 N–H and O–H groups in total. The fraction of sp³-hybridized carbons (Fsp3) is 0.278. The minimum atomic E-state index is -0.862. The second kappa shape index (κ2) is 9.27. The molecule has 142 valence electrons. The molecule has 2 aromatic rings. The summed E-state index contributed by atoms with van der Waals surface area (Å²) in [5.41, 5.74) is 6.00. The standard InChI is InChI=1S/C18H21N5O4/c1-11(2)9-22-17(25)12-5-3-4-6-13(12)23-14(24)10-27-18(26)15-16(19)21-8-7-20-15/h3-8,11H,9-10H2,1-2H3,(H2,19,21)(H,22,25)(H,23,24). The van der Waals surface area contributed by atoms with Crippen LogP contribution in [-0.2, 0) is 9.53 Å². The van der Waals surface area contributed by atoms with Gasteiger partial charge in [-0.25, -0.2) is 14.8 Å². The highest BCUT2D eigenvalue weighted by Gasteiger charge is 2.17. The van der Waals surface area contributed by atoms with E-state index in [1.54, 1.807) is 24.3 Å². The van der Waals surface area contributed by atoms with E-state index in [1.165, 1.54) is 12.4 Å². The van der Waals surface area contributed by atoms with Crippen molar-refractivity contribution in [3.05, 3.63) is 47.9 Å². The first-order chi connectivity index (χ1) is 12.9. The highest BCUT2D eigenvalue weighted by Crippen LogP contribution is 2.15. The van der Waals surface area contributed by atoms with Gasteiger partial charge in [0, 0.05) is 18.9 Å². The Labute approximate surface area is 156 Å². The van der Waals surface area contributed by atoms with Crippen LogP contribution in [0.2, 0.25) is 0 Å². The number of aromatic nitrogens is 2. The Kier molecular flexibility index (Phi) is 6.81. The van der Waals surface area contributed by atoms with Crippen LogP contribution in [0.5, 0.6) is 0 Å². The maximum absolute atomic E-state index is 12.3. The Balaban J connectivity index is 1.97. The van der Waals surface area contributed by atoms with Gasteiger partial charge in [-0.05, 0) is 18.1 Å². The third-order valence-electron chi connectivity index (χ3n) is 3.37. The van der Waals surface area contributed by atoms with Crippen LogP contribution < -0.4 is 16.4 Å². The number of nitrogen functional groups attached to an aromatic ring is 1. The number of carbonyl (C=O) groups excluding carboxylic acids is 3. The van der Waals surface area contributed by atoms with Crippen molar-refractivity contribution in [3.63, 3.8) is 0 Å². The molecule has 0 saturated heterocycles. The molecule has 0 atom stereocenters. The lowest BCUT2D eigenvalue weighted by Crippen LogP contribution is -2.29. The number of rotatable bonds is 7. The van der Waals surface area contributed by atoms with Gasteiger partial charge in [0.15, 0.2) is 18.1 Å². The number of esters is 1. The van der Waals surface area contributed by atoms with Gasteiger partial charge in [-0.2, -0.15) is 0 Å². The fourth-order valence-electron chi connectivity index (χ4n) is 2.07. The van der Waals surface area contributed by atoms with E-state index in [4.69, 9.17) is 10.5 Å². The van der Waals surface area contributed by atoms with Crippen molar-refractivity contribution in [2.75, 3.05) is 24.2 Å². The Bertz CT molecular complexity index is 838. The quantitative estimate of drug-likeness (QED) is 0.623. The summed E-state index contributed by atoms with van der Waals surface area (Å²) < 4.78 is 4.89. The molecule has 9 heteroatoms. The van der Waals surface area contributed by atoms with Crippen LogP contribution in [0.1, 0.15) is 34.7 Å². The average molecular weight is 371 g/mol. The van der Waals surface area contributed by atoms with Crippen LogP contribution >= 0.6 is 0 Å². The number of para-hydroxylation sites is 1. The van der Waals surface area contributed by atoms with Crippen molar-refractivity contribution in [1.82, 2.24) is 15.3 Å². The second-order valence-electron chi connectivity index (χ2n) is 6.06. The van der Waals surface area contributed by atoms with Crippen molar-refractivity contribution < 1.29 is 19.1 Å². The van der Waals surface area contributed by atoms with Crippen molar-refractivity contribution in [2.24, 2.45) is 5.92 Å². The Morgan fingerprint density at radius 2 is 1.85 bits per heavy atom. The zero-order chi connectivity index (χ0) is 19.8. The summed E-state index contributed by atoms with van der Waals surface area (Å²) in [5, 5.41) is 5.34. The summed E-state index contributed by atoms with van der Waals surface area (Å²) >= 11 is 0. The largest absolute Gasteiger partial charge is 0.451 e. The average Bonchev–Trinajstić information content (AvgIpc) is 2.65. The molecule has 2 amide bonds. The van der Waals surface area contributed by atoms with Crippen molar-refractivity contribution in [3.8, 4) is 0 Å². The Morgan fingerprint density at radius 3 is 2.56 bits per heavy atom.